The third-order valence-corrected chi connectivity index (χ3v) is 2.54. The molecule has 0 saturated carbocycles. The monoisotopic (exact) mass is 204 g/mol. The average molecular weight is 204 g/mol. The molecular formula is C14H20O. The second kappa shape index (κ2) is 5.01. The molecule has 0 spiro atoms. The highest BCUT2D eigenvalue weighted by molar-refractivity contribution is 5.55. The zero-order valence-electron chi connectivity index (χ0n) is 9.99. The summed E-state index contributed by atoms with van der Waals surface area (Å²) in [6, 6.07) is 7.39. The number of hydrogen-bond acceptors (Lipinski definition) is 1. The summed E-state index contributed by atoms with van der Waals surface area (Å²) in [7, 11) is 0. The molecule has 1 heteroatoms. The summed E-state index contributed by atoms with van der Waals surface area (Å²) in [5, 5.41) is 9.37. The lowest BCUT2D eigenvalue weighted by Crippen LogP contribution is -2.01. The van der Waals surface area contributed by atoms with Crippen molar-refractivity contribution in [3.05, 3.63) is 35.4 Å². The second-order valence-corrected chi connectivity index (χ2v) is 4.55. The van der Waals surface area contributed by atoms with Crippen molar-refractivity contribution in [2.45, 2.75) is 27.7 Å². The van der Waals surface area contributed by atoms with Gasteiger partial charge < -0.3 is 5.11 Å². The molecule has 0 aliphatic heterocycles. The highest BCUT2D eigenvalue weighted by atomic mass is 16.3. The Morgan fingerprint density at radius 2 is 1.73 bits per heavy atom. The van der Waals surface area contributed by atoms with Crippen LogP contribution >= 0.6 is 0 Å². The van der Waals surface area contributed by atoms with E-state index in [1.165, 1.54) is 5.57 Å². The molecule has 0 amide bonds. The van der Waals surface area contributed by atoms with Gasteiger partial charge in [0.05, 0.1) is 0 Å². The Labute approximate surface area is 92.5 Å². The van der Waals surface area contributed by atoms with Crippen molar-refractivity contribution >= 4 is 6.08 Å². The van der Waals surface area contributed by atoms with Gasteiger partial charge in [-0.15, -0.1) is 0 Å². The molecule has 0 bridgehead atoms. The Bertz CT molecular complexity index is 338. The maximum absolute atomic E-state index is 9.37. The van der Waals surface area contributed by atoms with Crippen molar-refractivity contribution in [2.24, 2.45) is 11.8 Å². The van der Waals surface area contributed by atoms with Crippen LogP contribution in [0.2, 0.25) is 0 Å². The van der Waals surface area contributed by atoms with Crippen LogP contribution in [0.3, 0.4) is 0 Å². The first-order valence-electron chi connectivity index (χ1n) is 5.51. The van der Waals surface area contributed by atoms with E-state index in [1.54, 1.807) is 12.1 Å². The fourth-order valence-corrected chi connectivity index (χ4v) is 1.81. The molecule has 1 nitrogen and oxygen atoms in total. The highest BCUT2D eigenvalue weighted by Gasteiger charge is 2.07. The number of phenols is 1. The number of rotatable bonds is 3. The normalized spacial score (nSPS) is 10.8. The molecular weight excluding hydrogens is 184 g/mol. The minimum atomic E-state index is 0.329. The Balaban J connectivity index is 3.02. The lowest BCUT2D eigenvalue weighted by molar-refractivity contribution is 0.475. The molecule has 0 atom stereocenters. The first kappa shape index (κ1) is 11.8. The maximum Gasteiger partial charge on any atom is 0.116 e. The summed E-state index contributed by atoms with van der Waals surface area (Å²) in [6.45, 7) is 8.81. The van der Waals surface area contributed by atoms with Crippen LogP contribution in [0.1, 0.15) is 33.3 Å². The van der Waals surface area contributed by atoms with Crippen LogP contribution in [0, 0.1) is 11.8 Å². The highest BCUT2D eigenvalue weighted by Crippen LogP contribution is 2.23. The third kappa shape index (κ3) is 3.43. The molecule has 0 heterocycles. The number of aromatic hydroxyl groups is 1. The average Bonchev–Trinajstić information content (AvgIpc) is 2.13. The molecule has 0 saturated heterocycles. The molecule has 0 unspecified atom stereocenters. The van der Waals surface area contributed by atoms with Gasteiger partial charge in [-0.25, -0.2) is 0 Å². The van der Waals surface area contributed by atoms with Crippen LogP contribution in [-0.2, 0) is 0 Å². The van der Waals surface area contributed by atoms with Gasteiger partial charge in [0.15, 0.2) is 0 Å². The van der Waals surface area contributed by atoms with E-state index in [0.29, 0.717) is 17.6 Å². The molecule has 1 rings (SSSR count). The van der Waals surface area contributed by atoms with Gasteiger partial charge in [0, 0.05) is 0 Å². The van der Waals surface area contributed by atoms with Gasteiger partial charge in [0.1, 0.15) is 5.75 Å². The minimum Gasteiger partial charge on any atom is -0.508 e. The Hall–Kier alpha value is -1.24. The van der Waals surface area contributed by atoms with Crippen LogP contribution in [-0.4, -0.2) is 5.11 Å². The lowest BCUT2D eigenvalue weighted by atomic mass is 9.91. The van der Waals surface area contributed by atoms with Crippen molar-refractivity contribution in [3.8, 4) is 5.75 Å². The predicted octanol–water partition coefficient (Wildman–Crippen LogP) is 4.09. The fraction of sp³-hybridized carbons (Fsp3) is 0.429. The van der Waals surface area contributed by atoms with Crippen LogP contribution in [0.25, 0.3) is 6.08 Å². The van der Waals surface area contributed by atoms with Crippen LogP contribution in [0.5, 0.6) is 5.75 Å². The Morgan fingerprint density at radius 1 is 1.13 bits per heavy atom. The standard InChI is InChI=1S/C14H20O/c1-10(2)14(11(3)4)9-12-6-5-7-13(15)8-12/h5-11,15H,1-4H3. The van der Waals surface area contributed by atoms with Gasteiger partial charge >= 0.3 is 0 Å². The van der Waals surface area contributed by atoms with Crippen molar-refractivity contribution in [1.82, 2.24) is 0 Å². The Kier molecular flexibility index (Phi) is 3.96. The van der Waals surface area contributed by atoms with E-state index in [-0.39, 0.29) is 0 Å². The number of phenolic OH excluding ortho intramolecular Hbond substituents is 1. The van der Waals surface area contributed by atoms with Crippen molar-refractivity contribution in [2.75, 3.05) is 0 Å². The van der Waals surface area contributed by atoms with E-state index >= 15 is 0 Å². The molecule has 0 aliphatic rings. The summed E-state index contributed by atoms with van der Waals surface area (Å²) < 4.78 is 0. The minimum absolute atomic E-state index is 0.329. The number of allylic oxidation sites excluding steroid dienone is 1. The first-order valence-corrected chi connectivity index (χ1v) is 5.51. The molecule has 1 N–H and O–H groups in total. The van der Waals surface area contributed by atoms with E-state index in [2.05, 4.69) is 33.8 Å². The van der Waals surface area contributed by atoms with Gasteiger partial charge in [-0.05, 0) is 29.5 Å². The van der Waals surface area contributed by atoms with Gasteiger partial charge in [-0.3, -0.25) is 0 Å². The largest absolute Gasteiger partial charge is 0.508 e. The van der Waals surface area contributed by atoms with Crippen molar-refractivity contribution in [1.29, 1.82) is 0 Å². The molecule has 1 aromatic carbocycles. The fourth-order valence-electron chi connectivity index (χ4n) is 1.81. The SMILES string of the molecule is CC(C)C(=Cc1cccc(O)c1)C(C)C. The summed E-state index contributed by atoms with van der Waals surface area (Å²) in [5.41, 5.74) is 2.49. The number of hydrogen-bond donors (Lipinski definition) is 1. The quantitative estimate of drug-likeness (QED) is 0.786. The van der Waals surface area contributed by atoms with Gasteiger partial charge in [0.25, 0.3) is 0 Å². The zero-order valence-corrected chi connectivity index (χ0v) is 9.99. The Morgan fingerprint density at radius 3 is 2.20 bits per heavy atom. The molecule has 0 aliphatic carbocycles. The maximum atomic E-state index is 9.37. The molecule has 0 aromatic heterocycles. The molecule has 0 fully saturated rings. The van der Waals surface area contributed by atoms with E-state index in [4.69, 9.17) is 0 Å². The van der Waals surface area contributed by atoms with Crippen LogP contribution in [0.4, 0.5) is 0 Å². The zero-order chi connectivity index (χ0) is 11.4. The van der Waals surface area contributed by atoms with E-state index < -0.39 is 0 Å². The third-order valence-electron chi connectivity index (χ3n) is 2.54. The molecule has 82 valence electrons. The predicted molar refractivity (Wildman–Crippen MR) is 65.8 cm³/mol. The summed E-state index contributed by atoms with van der Waals surface area (Å²) in [5.74, 6) is 1.43. The second-order valence-electron chi connectivity index (χ2n) is 4.55. The first-order chi connectivity index (χ1) is 7.00. The summed E-state index contributed by atoms with van der Waals surface area (Å²) in [6.07, 6.45) is 2.18. The number of benzene rings is 1. The van der Waals surface area contributed by atoms with Gasteiger partial charge in [-0.1, -0.05) is 51.5 Å². The van der Waals surface area contributed by atoms with E-state index in [1.807, 2.05) is 12.1 Å². The topological polar surface area (TPSA) is 20.2 Å². The van der Waals surface area contributed by atoms with Crippen molar-refractivity contribution < 1.29 is 5.11 Å². The summed E-state index contributed by atoms with van der Waals surface area (Å²) in [4.78, 5) is 0. The van der Waals surface area contributed by atoms with Crippen LogP contribution < -0.4 is 0 Å². The lowest BCUT2D eigenvalue weighted by Gasteiger charge is -2.15. The van der Waals surface area contributed by atoms with E-state index in [0.717, 1.165) is 5.56 Å². The van der Waals surface area contributed by atoms with Crippen molar-refractivity contribution in [3.63, 3.8) is 0 Å². The molecule has 15 heavy (non-hydrogen) atoms. The van der Waals surface area contributed by atoms with Crippen LogP contribution in [0.15, 0.2) is 29.8 Å². The molecule has 0 radical (unpaired) electrons. The smallest absolute Gasteiger partial charge is 0.116 e. The van der Waals surface area contributed by atoms with Gasteiger partial charge in [-0.2, -0.15) is 0 Å². The van der Waals surface area contributed by atoms with Gasteiger partial charge in [0.2, 0.25) is 0 Å². The summed E-state index contributed by atoms with van der Waals surface area (Å²) >= 11 is 0. The van der Waals surface area contributed by atoms with E-state index in [9.17, 15) is 5.11 Å². The molecule has 1 aromatic rings.